The number of rotatable bonds is 3. The Hall–Kier alpha value is -2.10. The van der Waals surface area contributed by atoms with E-state index in [9.17, 15) is 4.39 Å². The van der Waals surface area contributed by atoms with Gasteiger partial charge in [-0.25, -0.2) is 9.37 Å². The van der Waals surface area contributed by atoms with Crippen molar-refractivity contribution < 1.29 is 4.39 Å². The van der Waals surface area contributed by atoms with Gasteiger partial charge in [0.05, 0.1) is 5.69 Å². The number of halogens is 1. The van der Waals surface area contributed by atoms with Crippen molar-refractivity contribution in [2.75, 3.05) is 17.7 Å². The predicted octanol–water partition coefficient (Wildman–Crippen LogP) is 2.44. The van der Waals surface area contributed by atoms with Crippen LogP contribution < -0.4 is 10.6 Å². The van der Waals surface area contributed by atoms with Crippen LogP contribution in [0.25, 0.3) is 0 Å². The molecule has 0 radical (unpaired) electrons. The standard InChI is InChI=1S/C13H14FN3/c1-17(13-12(15)6-3-7-16-13)9-10-4-2-5-11(14)8-10/h2-8H,9,15H2,1H3. The molecule has 0 aliphatic heterocycles. The van der Waals surface area contributed by atoms with Crippen LogP contribution in [0.4, 0.5) is 15.9 Å². The maximum atomic E-state index is 13.0. The summed E-state index contributed by atoms with van der Waals surface area (Å²) in [5, 5.41) is 0. The Morgan fingerprint density at radius 3 is 2.82 bits per heavy atom. The molecule has 0 atom stereocenters. The summed E-state index contributed by atoms with van der Waals surface area (Å²) in [6, 6.07) is 10.1. The number of nitrogen functional groups attached to an aromatic ring is 1. The average Bonchev–Trinajstić information content (AvgIpc) is 2.29. The van der Waals surface area contributed by atoms with Gasteiger partial charge in [0, 0.05) is 19.8 Å². The lowest BCUT2D eigenvalue weighted by molar-refractivity contribution is 0.625. The monoisotopic (exact) mass is 231 g/mol. The molecule has 0 spiro atoms. The third-order valence-electron chi connectivity index (χ3n) is 2.49. The second-order valence-corrected chi connectivity index (χ2v) is 3.90. The Morgan fingerprint density at radius 1 is 1.29 bits per heavy atom. The van der Waals surface area contributed by atoms with Gasteiger partial charge in [0.2, 0.25) is 0 Å². The van der Waals surface area contributed by atoms with Gasteiger partial charge in [0.25, 0.3) is 0 Å². The van der Waals surface area contributed by atoms with E-state index in [1.807, 2.05) is 18.0 Å². The van der Waals surface area contributed by atoms with Crippen LogP contribution in [0.1, 0.15) is 5.56 Å². The normalized spacial score (nSPS) is 10.2. The molecular weight excluding hydrogens is 217 g/mol. The molecule has 2 rings (SSSR count). The largest absolute Gasteiger partial charge is 0.396 e. The summed E-state index contributed by atoms with van der Waals surface area (Å²) < 4.78 is 13.0. The number of pyridine rings is 1. The quantitative estimate of drug-likeness (QED) is 0.882. The summed E-state index contributed by atoms with van der Waals surface area (Å²) in [5.41, 5.74) is 7.33. The molecule has 0 aliphatic carbocycles. The molecule has 0 amide bonds. The molecule has 88 valence electrons. The number of hydrogen-bond acceptors (Lipinski definition) is 3. The van der Waals surface area contributed by atoms with Crippen molar-refractivity contribution in [2.24, 2.45) is 0 Å². The van der Waals surface area contributed by atoms with E-state index in [1.54, 1.807) is 24.4 Å². The zero-order valence-electron chi connectivity index (χ0n) is 9.60. The maximum Gasteiger partial charge on any atom is 0.151 e. The molecule has 0 unspecified atom stereocenters. The molecule has 0 saturated heterocycles. The van der Waals surface area contributed by atoms with Crippen molar-refractivity contribution in [3.8, 4) is 0 Å². The molecular formula is C13H14FN3. The lowest BCUT2D eigenvalue weighted by atomic mass is 10.2. The fraction of sp³-hybridized carbons (Fsp3) is 0.154. The van der Waals surface area contributed by atoms with Gasteiger partial charge >= 0.3 is 0 Å². The first-order valence-corrected chi connectivity index (χ1v) is 5.33. The highest BCUT2D eigenvalue weighted by Gasteiger charge is 2.07. The molecule has 1 aromatic heterocycles. The van der Waals surface area contributed by atoms with Crippen LogP contribution in [0.5, 0.6) is 0 Å². The van der Waals surface area contributed by atoms with Crippen LogP contribution in [0, 0.1) is 5.82 Å². The predicted molar refractivity (Wildman–Crippen MR) is 67.2 cm³/mol. The number of nitrogens with two attached hydrogens (primary N) is 1. The Morgan fingerprint density at radius 2 is 2.12 bits per heavy atom. The van der Waals surface area contributed by atoms with E-state index in [2.05, 4.69) is 4.98 Å². The Bertz CT molecular complexity index is 514. The minimum Gasteiger partial charge on any atom is -0.396 e. The highest BCUT2D eigenvalue weighted by molar-refractivity contribution is 5.61. The van der Waals surface area contributed by atoms with E-state index in [-0.39, 0.29) is 5.82 Å². The first-order chi connectivity index (χ1) is 8.16. The highest BCUT2D eigenvalue weighted by atomic mass is 19.1. The highest BCUT2D eigenvalue weighted by Crippen LogP contribution is 2.19. The lowest BCUT2D eigenvalue weighted by Crippen LogP contribution is -2.19. The fourth-order valence-electron chi connectivity index (χ4n) is 1.71. The second-order valence-electron chi connectivity index (χ2n) is 3.90. The van der Waals surface area contributed by atoms with Gasteiger partial charge in [-0.1, -0.05) is 12.1 Å². The average molecular weight is 231 g/mol. The maximum absolute atomic E-state index is 13.0. The van der Waals surface area contributed by atoms with Crippen LogP contribution >= 0.6 is 0 Å². The van der Waals surface area contributed by atoms with Gasteiger partial charge in [-0.05, 0) is 29.8 Å². The smallest absolute Gasteiger partial charge is 0.151 e. The zero-order chi connectivity index (χ0) is 12.3. The van der Waals surface area contributed by atoms with Crippen molar-refractivity contribution in [3.05, 3.63) is 54.0 Å². The Kier molecular flexibility index (Phi) is 3.23. The van der Waals surface area contributed by atoms with E-state index in [4.69, 9.17) is 5.73 Å². The fourth-order valence-corrected chi connectivity index (χ4v) is 1.71. The first-order valence-electron chi connectivity index (χ1n) is 5.33. The van der Waals surface area contributed by atoms with Crippen LogP contribution in [0.3, 0.4) is 0 Å². The number of benzene rings is 1. The molecule has 3 nitrogen and oxygen atoms in total. The molecule has 0 saturated carbocycles. The van der Waals surface area contributed by atoms with E-state index in [0.717, 1.165) is 5.56 Å². The molecule has 2 N–H and O–H groups in total. The molecule has 0 aliphatic rings. The molecule has 1 heterocycles. The molecule has 4 heteroatoms. The lowest BCUT2D eigenvalue weighted by Gasteiger charge is -2.19. The van der Waals surface area contributed by atoms with Crippen molar-refractivity contribution in [1.82, 2.24) is 4.98 Å². The minimum absolute atomic E-state index is 0.232. The summed E-state index contributed by atoms with van der Waals surface area (Å²) in [4.78, 5) is 6.10. The number of anilines is 2. The van der Waals surface area contributed by atoms with Crippen molar-refractivity contribution in [1.29, 1.82) is 0 Å². The summed E-state index contributed by atoms with van der Waals surface area (Å²) in [6.45, 7) is 0.568. The van der Waals surface area contributed by atoms with Gasteiger partial charge in [-0.2, -0.15) is 0 Å². The number of nitrogens with zero attached hydrogens (tertiary/aromatic N) is 2. The van der Waals surface area contributed by atoms with E-state index < -0.39 is 0 Å². The summed E-state index contributed by atoms with van der Waals surface area (Å²) in [5.74, 6) is 0.474. The number of hydrogen-bond donors (Lipinski definition) is 1. The van der Waals surface area contributed by atoms with Gasteiger partial charge in [-0.3, -0.25) is 0 Å². The molecule has 17 heavy (non-hydrogen) atoms. The zero-order valence-corrected chi connectivity index (χ0v) is 9.60. The van der Waals surface area contributed by atoms with Crippen LogP contribution in [-0.4, -0.2) is 12.0 Å². The molecule has 0 fully saturated rings. The van der Waals surface area contributed by atoms with E-state index in [1.165, 1.54) is 12.1 Å². The van der Waals surface area contributed by atoms with Gasteiger partial charge in [0.15, 0.2) is 5.82 Å². The van der Waals surface area contributed by atoms with Crippen molar-refractivity contribution >= 4 is 11.5 Å². The van der Waals surface area contributed by atoms with E-state index >= 15 is 0 Å². The Balaban J connectivity index is 2.17. The summed E-state index contributed by atoms with van der Waals surface area (Å²) in [6.07, 6.45) is 1.69. The molecule has 1 aromatic carbocycles. The van der Waals surface area contributed by atoms with Crippen LogP contribution in [0.2, 0.25) is 0 Å². The van der Waals surface area contributed by atoms with Crippen LogP contribution in [0.15, 0.2) is 42.6 Å². The van der Waals surface area contributed by atoms with Crippen molar-refractivity contribution in [3.63, 3.8) is 0 Å². The van der Waals surface area contributed by atoms with Gasteiger partial charge in [0.1, 0.15) is 5.82 Å². The van der Waals surface area contributed by atoms with Gasteiger partial charge in [-0.15, -0.1) is 0 Å². The molecule has 0 bridgehead atoms. The SMILES string of the molecule is CN(Cc1cccc(F)c1)c1ncccc1N. The minimum atomic E-state index is -0.232. The third kappa shape index (κ3) is 2.72. The topological polar surface area (TPSA) is 42.2 Å². The number of aromatic nitrogens is 1. The first kappa shape index (κ1) is 11.4. The summed E-state index contributed by atoms with van der Waals surface area (Å²) in [7, 11) is 1.88. The Labute approximate surface area is 99.7 Å². The third-order valence-corrected chi connectivity index (χ3v) is 2.49. The van der Waals surface area contributed by atoms with E-state index in [0.29, 0.717) is 18.1 Å². The second kappa shape index (κ2) is 4.82. The van der Waals surface area contributed by atoms with Crippen molar-refractivity contribution in [2.45, 2.75) is 6.54 Å². The van der Waals surface area contributed by atoms with Crippen LogP contribution in [-0.2, 0) is 6.54 Å². The summed E-state index contributed by atoms with van der Waals surface area (Å²) >= 11 is 0. The van der Waals surface area contributed by atoms with Gasteiger partial charge < -0.3 is 10.6 Å². The molecule has 2 aromatic rings.